The van der Waals surface area contributed by atoms with E-state index in [0.29, 0.717) is 5.37 Å². The fourth-order valence-corrected chi connectivity index (χ4v) is 5.32. The fourth-order valence-electron chi connectivity index (χ4n) is 4.15. The quantitative estimate of drug-likeness (QED) is 0.613. The summed E-state index contributed by atoms with van der Waals surface area (Å²) in [5, 5.41) is 4.05. The van der Waals surface area contributed by atoms with Gasteiger partial charge in [0.15, 0.2) is 0 Å². The standard InChI is InChI=1S/C20H30N4S/c1-2-19(24-12-3-4-13-24)21-11-8-20-22-17-9-14-23(16-6-5-7-16)15-10-18(17)25-20/h2,8,11,16,20,22H,1,3-7,9-10,12-15H2/b11-8+,21-19?. The second kappa shape index (κ2) is 8.00. The van der Waals surface area contributed by atoms with Crippen molar-refractivity contribution in [2.45, 2.75) is 56.4 Å². The molecule has 4 rings (SSSR count). The van der Waals surface area contributed by atoms with Gasteiger partial charge in [-0.05, 0) is 44.3 Å². The molecule has 4 nitrogen and oxygen atoms in total. The number of nitrogens with one attached hydrogen (secondary N) is 1. The molecule has 0 aromatic carbocycles. The van der Waals surface area contributed by atoms with E-state index in [0.717, 1.165) is 25.0 Å². The van der Waals surface area contributed by atoms with Gasteiger partial charge in [0.1, 0.15) is 5.84 Å². The molecule has 0 bridgehead atoms. The van der Waals surface area contributed by atoms with Crippen LogP contribution in [0.3, 0.4) is 0 Å². The smallest absolute Gasteiger partial charge is 0.127 e. The molecule has 1 saturated carbocycles. The van der Waals surface area contributed by atoms with Gasteiger partial charge in [-0.3, -0.25) is 4.90 Å². The van der Waals surface area contributed by atoms with Crippen molar-refractivity contribution in [2.24, 2.45) is 4.99 Å². The first-order valence-electron chi connectivity index (χ1n) is 9.84. The van der Waals surface area contributed by atoms with Crippen LogP contribution in [0, 0.1) is 0 Å². The van der Waals surface area contributed by atoms with E-state index in [1.165, 1.54) is 63.7 Å². The van der Waals surface area contributed by atoms with Crippen LogP contribution in [0.2, 0.25) is 0 Å². The summed E-state index contributed by atoms with van der Waals surface area (Å²) in [5.41, 5.74) is 1.48. The second-order valence-electron chi connectivity index (χ2n) is 7.43. The van der Waals surface area contributed by atoms with Crippen molar-refractivity contribution >= 4 is 17.6 Å². The van der Waals surface area contributed by atoms with Gasteiger partial charge in [0.2, 0.25) is 0 Å². The predicted octanol–water partition coefficient (Wildman–Crippen LogP) is 3.70. The lowest BCUT2D eigenvalue weighted by Gasteiger charge is -2.37. The van der Waals surface area contributed by atoms with Crippen molar-refractivity contribution < 1.29 is 0 Å². The second-order valence-corrected chi connectivity index (χ2v) is 8.67. The van der Waals surface area contributed by atoms with Crippen LogP contribution in [0.1, 0.15) is 44.9 Å². The van der Waals surface area contributed by atoms with Gasteiger partial charge in [-0.25, -0.2) is 4.99 Å². The molecule has 0 radical (unpaired) electrons. The SMILES string of the molecule is C=CC(=N/C=C/C1NC2=C(CCN(C3CCC3)CC2)S1)N1CCCC1. The zero-order valence-corrected chi connectivity index (χ0v) is 15.9. The first-order chi connectivity index (χ1) is 12.3. The van der Waals surface area contributed by atoms with Gasteiger partial charge in [0.25, 0.3) is 0 Å². The molecule has 2 fully saturated rings. The Balaban J connectivity index is 1.29. The van der Waals surface area contributed by atoms with Crippen LogP contribution in [0.5, 0.6) is 0 Å². The highest BCUT2D eigenvalue weighted by molar-refractivity contribution is 8.04. The van der Waals surface area contributed by atoms with Crippen LogP contribution in [-0.4, -0.2) is 53.2 Å². The van der Waals surface area contributed by atoms with Crippen molar-refractivity contribution in [1.29, 1.82) is 0 Å². The maximum Gasteiger partial charge on any atom is 0.127 e. The Kier molecular flexibility index (Phi) is 5.51. The van der Waals surface area contributed by atoms with Gasteiger partial charge >= 0.3 is 0 Å². The number of hydrogen-bond donors (Lipinski definition) is 1. The third-order valence-corrected chi connectivity index (χ3v) is 7.13. The minimum absolute atomic E-state index is 0.341. The molecule has 1 N–H and O–H groups in total. The molecular formula is C20H30N4S. The summed E-state index contributed by atoms with van der Waals surface area (Å²) >= 11 is 1.99. The summed E-state index contributed by atoms with van der Waals surface area (Å²) < 4.78 is 0. The molecule has 0 aromatic rings. The Labute approximate surface area is 156 Å². The first-order valence-corrected chi connectivity index (χ1v) is 10.7. The minimum Gasteiger partial charge on any atom is -0.372 e. The molecule has 1 unspecified atom stereocenters. The molecule has 1 atom stereocenters. The summed E-state index contributed by atoms with van der Waals surface area (Å²) in [7, 11) is 0. The van der Waals surface area contributed by atoms with Gasteiger partial charge in [-0.1, -0.05) is 24.8 Å². The summed E-state index contributed by atoms with van der Waals surface area (Å²) in [5.74, 6) is 1.02. The van der Waals surface area contributed by atoms with Crippen LogP contribution in [0.25, 0.3) is 0 Å². The van der Waals surface area contributed by atoms with Crippen LogP contribution in [0.4, 0.5) is 0 Å². The topological polar surface area (TPSA) is 30.9 Å². The molecule has 25 heavy (non-hydrogen) atoms. The lowest BCUT2D eigenvalue weighted by Crippen LogP contribution is -2.41. The lowest BCUT2D eigenvalue weighted by atomic mass is 9.91. The number of nitrogens with zero attached hydrogens (tertiary/aromatic N) is 3. The minimum atomic E-state index is 0.341. The molecule has 1 aliphatic carbocycles. The van der Waals surface area contributed by atoms with Crippen molar-refractivity contribution in [2.75, 3.05) is 26.2 Å². The number of likely N-dealkylation sites (tertiary alicyclic amines) is 1. The Bertz CT molecular complexity index is 565. The molecule has 0 amide bonds. The maximum atomic E-state index is 4.64. The molecule has 3 aliphatic heterocycles. The van der Waals surface area contributed by atoms with Gasteiger partial charge < -0.3 is 10.2 Å². The van der Waals surface area contributed by atoms with E-state index in [1.54, 1.807) is 4.91 Å². The molecular weight excluding hydrogens is 328 g/mol. The summed E-state index contributed by atoms with van der Waals surface area (Å²) in [6.45, 7) is 8.61. The van der Waals surface area contributed by atoms with Crippen molar-refractivity contribution in [3.05, 3.63) is 35.5 Å². The summed E-state index contributed by atoms with van der Waals surface area (Å²) in [4.78, 5) is 11.3. The highest BCUT2D eigenvalue weighted by Crippen LogP contribution is 2.38. The zero-order chi connectivity index (χ0) is 17.1. The molecule has 3 heterocycles. The molecule has 0 spiro atoms. The summed E-state index contributed by atoms with van der Waals surface area (Å²) in [6.07, 6.45) is 15.2. The van der Waals surface area contributed by atoms with Gasteiger partial charge in [0, 0.05) is 55.4 Å². The third kappa shape index (κ3) is 3.98. The molecule has 5 heteroatoms. The predicted molar refractivity (Wildman–Crippen MR) is 108 cm³/mol. The summed E-state index contributed by atoms with van der Waals surface area (Å²) in [6, 6.07) is 0.873. The molecule has 0 aromatic heterocycles. The van der Waals surface area contributed by atoms with E-state index in [-0.39, 0.29) is 0 Å². The number of thioether (sulfide) groups is 1. The number of rotatable bonds is 4. The van der Waals surface area contributed by atoms with Crippen LogP contribution < -0.4 is 5.32 Å². The van der Waals surface area contributed by atoms with Crippen molar-refractivity contribution in [1.82, 2.24) is 15.1 Å². The van der Waals surface area contributed by atoms with E-state index in [4.69, 9.17) is 0 Å². The zero-order valence-electron chi connectivity index (χ0n) is 15.1. The van der Waals surface area contributed by atoms with Crippen molar-refractivity contribution in [3.63, 3.8) is 0 Å². The van der Waals surface area contributed by atoms with Crippen LogP contribution in [0.15, 0.2) is 40.5 Å². The molecule has 1 saturated heterocycles. The maximum absolute atomic E-state index is 4.64. The Morgan fingerprint density at radius 3 is 2.64 bits per heavy atom. The van der Waals surface area contributed by atoms with E-state index in [2.05, 4.69) is 32.8 Å². The Hall–Kier alpha value is -1.20. The van der Waals surface area contributed by atoms with Gasteiger partial charge in [-0.15, -0.1) is 0 Å². The van der Waals surface area contributed by atoms with Crippen molar-refractivity contribution in [3.8, 4) is 0 Å². The van der Waals surface area contributed by atoms with E-state index in [1.807, 2.05) is 24.0 Å². The number of amidine groups is 1. The van der Waals surface area contributed by atoms with Gasteiger partial charge in [0.05, 0.1) is 5.37 Å². The van der Waals surface area contributed by atoms with E-state index in [9.17, 15) is 0 Å². The lowest BCUT2D eigenvalue weighted by molar-refractivity contribution is 0.133. The number of aliphatic imine (C=N–C) groups is 1. The average Bonchev–Trinajstić information content (AvgIpc) is 3.19. The van der Waals surface area contributed by atoms with E-state index < -0.39 is 0 Å². The van der Waals surface area contributed by atoms with Crippen LogP contribution >= 0.6 is 11.8 Å². The average molecular weight is 359 g/mol. The first kappa shape index (κ1) is 17.2. The highest BCUT2D eigenvalue weighted by Gasteiger charge is 2.30. The normalized spacial score (nSPS) is 28.9. The third-order valence-electron chi connectivity index (χ3n) is 5.87. The van der Waals surface area contributed by atoms with Crippen LogP contribution in [-0.2, 0) is 0 Å². The monoisotopic (exact) mass is 358 g/mol. The highest BCUT2D eigenvalue weighted by atomic mass is 32.2. The Morgan fingerprint density at radius 1 is 1.12 bits per heavy atom. The fraction of sp³-hybridized carbons (Fsp3) is 0.650. The van der Waals surface area contributed by atoms with Gasteiger partial charge in [-0.2, -0.15) is 0 Å². The largest absolute Gasteiger partial charge is 0.372 e. The molecule has 136 valence electrons. The molecule has 4 aliphatic rings. The Morgan fingerprint density at radius 2 is 1.92 bits per heavy atom. The van der Waals surface area contributed by atoms with E-state index >= 15 is 0 Å². The number of hydrogen-bond acceptors (Lipinski definition) is 4.